The topological polar surface area (TPSA) is 45.5 Å². The van der Waals surface area contributed by atoms with E-state index < -0.39 is 0 Å². The highest BCUT2D eigenvalue weighted by atomic mass is 19.1. The highest BCUT2D eigenvalue weighted by molar-refractivity contribution is 5.92. The molecule has 0 amide bonds. The fraction of sp³-hybridized carbons (Fsp3) is 0.280. The zero-order chi connectivity index (χ0) is 21.4. The minimum absolute atomic E-state index is 0.250. The lowest BCUT2D eigenvalue weighted by molar-refractivity contribution is 0.108. The summed E-state index contributed by atoms with van der Waals surface area (Å²) in [6.45, 7) is 7.44. The molecule has 1 saturated heterocycles. The quantitative estimate of drug-likeness (QED) is 0.537. The van der Waals surface area contributed by atoms with Crippen molar-refractivity contribution in [1.29, 1.82) is 0 Å². The Labute approximate surface area is 181 Å². The molecule has 3 aromatic heterocycles. The van der Waals surface area contributed by atoms with Crippen LogP contribution in [0.1, 0.15) is 19.4 Å². The van der Waals surface area contributed by atoms with Crippen molar-refractivity contribution < 1.29 is 4.39 Å². The van der Waals surface area contributed by atoms with Crippen molar-refractivity contribution >= 4 is 5.52 Å². The van der Waals surface area contributed by atoms with Crippen molar-refractivity contribution in [3.63, 3.8) is 0 Å². The van der Waals surface area contributed by atoms with Crippen LogP contribution in [0.5, 0.6) is 0 Å². The van der Waals surface area contributed by atoms with Crippen molar-refractivity contribution in [3.8, 4) is 22.4 Å². The molecule has 0 bridgehead atoms. The van der Waals surface area contributed by atoms with Crippen molar-refractivity contribution in [2.75, 3.05) is 13.1 Å². The van der Waals surface area contributed by atoms with E-state index in [4.69, 9.17) is 5.10 Å². The first-order valence-electron chi connectivity index (χ1n) is 10.7. The third-order valence-electron chi connectivity index (χ3n) is 6.15. The zero-order valence-corrected chi connectivity index (χ0v) is 17.8. The van der Waals surface area contributed by atoms with Crippen LogP contribution in [0.2, 0.25) is 0 Å². The molecule has 2 atom stereocenters. The maximum absolute atomic E-state index is 13.5. The summed E-state index contributed by atoms with van der Waals surface area (Å²) in [7, 11) is 0. The summed E-state index contributed by atoms with van der Waals surface area (Å²) in [6, 6.07) is 15.8. The number of nitrogens with one attached hydrogen (secondary N) is 1. The molecule has 0 radical (unpaired) electrons. The molecule has 1 fully saturated rings. The second-order valence-electron chi connectivity index (χ2n) is 8.36. The van der Waals surface area contributed by atoms with Gasteiger partial charge in [-0.1, -0.05) is 6.07 Å². The van der Waals surface area contributed by atoms with Gasteiger partial charge in [-0.3, -0.25) is 9.88 Å². The van der Waals surface area contributed by atoms with E-state index in [0.29, 0.717) is 12.1 Å². The van der Waals surface area contributed by atoms with E-state index in [-0.39, 0.29) is 5.82 Å². The Morgan fingerprint density at radius 2 is 1.65 bits per heavy atom. The number of benzene rings is 1. The Morgan fingerprint density at radius 1 is 0.935 bits per heavy atom. The van der Waals surface area contributed by atoms with Crippen LogP contribution in [-0.4, -0.2) is 44.7 Å². The number of hydrogen-bond donors (Lipinski definition) is 1. The smallest absolute Gasteiger partial charge is 0.123 e. The number of fused-ring (bicyclic) bond motifs is 1. The summed E-state index contributed by atoms with van der Waals surface area (Å²) in [6.07, 6.45) is 5.69. The van der Waals surface area contributed by atoms with Gasteiger partial charge in [0, 0.05) is 61.4 Å². The van der Waals surface area contributed by atoms with E-state index in [1.807, 2.05) is 16.6 Å². The lowest BCUT2D eigenvalue weighted by Crippen LogP contribution is -2.54. The molecular weight excluding hydrogens is 389 g/mol. The average Bonchev–Trinajstić information content (AvgIpc) is 3.16. The summed E-state index contributed by atoms with van der Waals surface area (Å²) in [5, 5.41) is 8.41. The molecule has 0 aliphatic carbocycles. The summed E-state index contributed by atoms with van der Waals surface area (Å²) in [5.74, 6) is -0.250. The molecule has 6 heteroatoms. The van der Waals surface area contributed by atoms with Gasteiger partial charge < -0.3 is 5.32 Å². The maximum atomic E-state index is 13.5. The third-order valence-corrected chi connectivity index (χ3v) is 6.15. The number of aromatic nitrogens is 3. The van der Waals surface area contributed by atoms with Crippen molar-refractivity contribution in [3.05, 3.63) is 78.5 Å². The van der Waals surface area contributed by atoms with Crippen molar-refractivity contribution in [1.82, 2.24) is 24.8 Å². The van der Waals surface area contributed by atoms with Crippen LogP contribution < -0.4 is 5.32 Å². The van der Waals surface area contributed by atoms with Crippen LogP contribution in [0.15, 0.2) is 67.1 Å². The molecule has 1 N–H and O–H groups in total. The highest BCUT2D eigenvalue weighted by Crippen LogP contribution is 2.35. The minimum Gasteiger partial charge on any atom is -0.314 e. The molecule has 5 nitrogen and oxygen atoms in total. The second kappa shape index (κ2) is 8.21. The minimum atomic E-state index is -0.250. The van der Waals surface area contributed by atoms with Gasteiger partial charge in [0.2, 0.25) is 0 Å². The largest absolute Gasteiger partial charge is 0.314 e. The lowest BCUT2D eigenvalue weighted by atomic mass is 10.0. The zero-order valence-electron chi connectivity index (χ0n) is 17.8. The van der Waals surface area contributed by atoms with Gasteiger partial charge in [-0.25, -0.2) is 8.91 Å². The van der Waals surface area contributed by atoms with Gasteiger partial charge in [-0.05, 0) is 67.4 Å². The van der Waals surface area contributed by atoms with Gasteiger partial charge in [-0.2, -0.15) is 5.10 Å². The molecule has 5 rings (SSSR count). The van der Waals surface area contributed by atoms with Gasteiger partial charge in [0.05, 0.1) is 5.52 Å². The van der Waals surface area contributed by atoms with Crippen LogP contribution in [0.3, 0.4) is 0 Å². The number of hydrogen-bond acceptors (Lipinski definition) is 4. The molecule has 1 aromatic carbocycles. The average molecular weight is 416 g/mol. The van der Waals surface area contributed by atoms with Gasteiger partial charge in [-0.15, -0.1) is 0 Å². The number of piperazine rings is 1. The lowest BCUT2D eigenvalue weighted by Gasteiger charge is -2.39. The van der Waals surface area contributed by atoms with Crippen LogP contribution in [-0.2, 0) is 6.54 Å². The molecule has 4 aromatic rings. The standard InChI is InChI=1S/C25H26FN5/c1-17-13-28-14-18(2)30(17)15-19-3-8-23-24(20-9-11-27-12-10-20)25(29-31(23)16-19)21-4-6-22(26)7-5-21/h3-12,16-18,28H,13-15H2,1-2H3/t17-,18-/m0/s1. The predicted molar refractivity (Wildman–Crippen MR) is 121 cm³/mol. The number of nitrogens with zero attached hydrogens (tertiary/aromatic N) is 4. The molecule has 158 valence electrons. The van der Waals surface area contributed by atoms with Crippen molar-refractivity contribution in [2.45, 2.75) is 32.5 Å². The van der Waals surface area contributed by atoms with Gasteiger partial charge in [0.25, 0.3) is 0 Å². The van der Waals surface area contributed by atoms with E-state index in [2.05, 4.69) is 47.4 Å². The van der Waals surface area contributed by atoms with Crippen molar-refractivity contribution in [2.24, 2.45) is 0 Å². The van der Waals surface area contributed by atoms with Crippen LogP contribution in [0, 0.1) is 5.82 Å². The monoisotopic (exact) mass is 415 g/mol. The molecular formula is C25H26FN5. The number of rotatable bonds is 4. The fourth-order valence-electron chi connectivity index (χ4n) is 4.49. The Kier molecular flexibility index (Phi) is 5.26. The molecule has 0 spiro atoms. The van der Waals surface area contributed by atoms with Crippen LogP contribution in [0.25, 0.3) is 27.9 Å². The number of pyridine rings is 2. The Balaban J connectivity index is 1.60. The summed E-state index contributed by atoms with van der Waals surface area (Å²) in [4.78, 5) is 6.69. The summed E-state index contributed by atoms with van der Waals surface area (Å²) >= 11 is 0. The molecule has 4 heterocycles. The molecule has 1 aliphatic rings. The molecule has 31 heavy (non-hydrogen) atoms. The van der Waals surface area contributed by atoms with E-state index in [1.165, 1.54) is 17.7 Å². The predicted octanol–water partition coefficient (Wildman–Crippen LogP) is 4.38. The van der Waals surface area contributed by atoms with E-state index >= 15 is 0 Å². The third kappa shape index (κ3) is 3.84. The summed E-state index contributed by atoms with van der Waals surface area (Å²) < 4.78 is 15.5. The van der Waals surface area contributed by atoms with Gasteiger partial charge in [0.1, 0.15) is 11.5 Å². The van der Waals surface area contributed by atoms with E-state index in [9.17, 15) is 4.39 Å². The van der Waals surface area contributed by atoms with Crippen LogP contribution >= 0.6 is 0 Å². The first-order valence-corrected chi connectivity index (χ1v) is 10.7. The first kappa shape index (κ1) is 19.8. The van der Waals surface area contributed by atoms with Gasteiger partial charge >= 0.3 is 0 Å². The molecule has 0 unspecified atom stereocenters. The Bertz CT molecular complexity index is 1180. The first-order chi connectivity index (χ1) is 15.1. The normalized spacial score (nSPS) is 19.7. The van der Waals surface area contributed by atoms with E-state index in [0.717, 1.165) is 47.5 Å². The van der Waals surface area contributed by atoms with Gasteiger partial charge in [0.15, 0.2) is 0 Å². The second-order valence-corrected chi connectivity index (χ2v) is 8.36. The molecule has 0 saturated carbocycles. The SMILES string of the molecule is C[C@H]1CNC[C@H](C)N1Cc1ccc2c(-c3ccncc3)c(-c3ccc(F)cc3)nn2c1. The van der Waals surface area contributed by atoms with E-state index in [1.54, 1.807) is 24.5 Å². The maximum Gasteiger partial charge on any atom is 0.123 e. The van der Waals surface area contributed by atoms with Crippen LogP contribution in [0.4, 0.5) is 4.39 Å². The summed E-state index contributed by atoms with van der Waals surface area (Å²) in [5.41, 5.74) is 6.05. The Morgan fingerprint density at radius 3 is 2.35 bits per heavy atom. The Hall–Kier alpha value is -3.09. The molecule has 1 aliphatic heterocycles. The number of halogens is 1. The fourth-order valence-corrected chi connectivity index (χ4v) is 4.49. The highest BCUT2D eigenvalue weighted by Gasteiger charge is 2.25.